The van der Waals surface area contributed by atoms with Crippen molar-refractivity contribution in [3.63, 3.8) is 0 Å². The smallest absolute Gasteiger partial charge is 0.0472 e. The number of ether oxygens (including phenoxy) is 1. The number of hydrogen-bond donors (Lipinski definition) is 1. The van der Waals surface area contributed by atoms with Crippen LogP contribution in [-0.4, -0.2) is 44.3 Å². The Labute approximate surface area is 112 Å². The van der Waals surface area contributed by atoms with E-state index in [-0.39, 0.29) is 0 Å². The van der Waals surface area contributed by atoms with Crippen LogP contribution in [0.1, 0.15) is 46.0 Å². The van der Waals surface area contributed by atoms with Gasteiger partial charge in [-0.3, -0.25) is 0 Å². The van der Waals surface area contributed by atoms with E-state index >= 15 is 0 Å². The summed E-state index contributed by atoms with van der Waals surface area (Å²) in [6, 6.07) is 0. The van der Waals surface area contributed by atoms with Gasteiger partial charge in [-0.1, -0.05) is 13.8 Å². The lowest BCUT2D eigenvalue weighted by Gasteiger charge is -2.39. The van der Waals surface area contributed by atoms with Crippen molar-refractivity contribution in [2.75, 3.05) is 39.4 Å². The number of nitrogens with zero attached hydrogens (tertiary/aromatic N) is 1. The molecule has 3 nitrogen and oxygen atoms in total. The van der Waals surface area contributed by atoms with E-state index in [1.807, 2.05) is 0 Å². The van der Waals surface area contributed by atoms with Crippen LogP contribution in [0, 0.1) is 10.8 Å². The molecule has 0 aromatic carbocycles. The van der Waals surface area contributed by atoms with Gasteiger partial charge in [-0.25, -0.2) is 0 Å². The first-order chi connectivity index (χ1) is 8.67. The van der Waals surface area contributed by atoms with E-state index in [9.17, 15) is 0 Å². The van der Waals surface area contributed by atoms with Crippen LogP contribution in [0.5, 0.6) is 0 Å². The van der Waals surface area contributed by atoms with Gasteiger partial charge in [-0.15, -0.1) is 0 Å². The molecule has 18 heavy (non-hydrogen) atoms. The summed E-state index contributed by atoms with van der Waals surface area (Å²) in [5.41, 5.74) is 6.98. The molecular weight excluding hydrogens is 224 g/mol. The molecule has 0 unspecified atom stereocenters. The Hall–Kier alpha value is -0.120. The number of likely N-dealkylation sites (tertiary alicyclic amines) is 1. The van der Waals surface area contributed by atoms with Gasteiger partial charge in [-0.2, -0.15) is 0 Å². The molecule has 2 saturated heterocycles. The molecule has 0 radical (unpaired) electrons. The first-order valence-corrected chi connectivity index (χ1v) is 7.68. The van der Waals surface area contributed by atoms with Crippen molar-refractivity contribution in [2.45, 2.75) is 46.0 Å². The van der Waals surface area contributed by atoms with Crippen molar-refractivity contribution in [2.24, 2.45) is 16.6 Å². The van der Waals surface area contributed by atoms with Crippen LogP contribution in [-0.2, 0) is 4.74 Å². The van der Waals surface area contributed by atoms with Crippen molar-refractivity contribution in [1.82, 2.24) is 4.90 Å². The maximum atomic E-state index is 6.07. The molecule has 0 atom stereocenters. The van der Waals surface area contributed by atoms with Gasteiger partial charge in [0.1, 0.15) is 0 Å². The first kappa shape index (κ1) is 14.3. The second kappa shape index (κ2) is 5.89. The zero-order chi connectivity index (χ0) is 13.1. The molecule has 2 rings (SSSR count). The van der Waals surface area contributed by atoms with Gasteiger partial charge in [-0.05, 0) is 56.0 Å². The fourth-order valence-corrected chi connectivity index (χ4v) is 3.70. The maximum Gasteiger partial charge on any atom is 0.0472 e. The monoisotopic (exact) mass is 254 g/mol. The fraction of sp³-hybridized carbons (Fsp3) is 1.00. The molecule has 106 valence electrons. The van der Waals surface area contributed by atoms with Crippen molar-refractivity contribution < 1.29 is 4.74 Å². The van der Waals surface area contributed by atoms with E-state index in [1.54, 1.807) is 0 Å². The minimum absolute atomic E-state index is 0.329. The molecule has 0 amide bonds. The summed E-state index contributed by atoms with van der Waals surface area (Å²) in [4.78, 5) is 2.67. The van der Waals surface area contributed by atoms with Crippen molar-refractivity contribution >= 4 is 0 Å². The van der Waals surface area contributed by atoms with Crippen LogP contribution in [0.4, 0.5) is 0 Å². The van der Waals surface area contributed by atoms with Crippen LogP contribution in [0.15, 0.2) is 0 Å². The molecule has 3 heteroatoms. The quantitative estimate of drug-likeness (QED) is 0.818. The largest absolute Gasteiger partial charge is 0.381 e. The van der Waals surface area contributed by atoms with Gasteiger partial charge in [0.25, 0.3) is 0 Å². The van der Waals surface area contributed by atoms with E-state index in [0.29, 0.717) is 10.8 Å². The molecule has 2 N–H and O–H groups in total. The molecule has 0 aliphatic carbocycles. The molecule has 2 heterocycles. The average Bonchev–Trinajstić information content (AvgIpc) is 2.84. The molecular formula is C15H30N2O. The minimum Gasteiger partial charge on any atom is -0.381 e. The second-order valence-electron chi connectivity index (χ2n) is 6.48. The number of hydrogen-bond acceptors (Lipinski definition) is 3. The lowest BCUT2D eigenvalue weighted by atomic mass is 9.79. The minimum atomic E-state index is 0.329. The highest BCUT2D eigenvalue weighted by Crippen LogP contribution is 2.39. The normalized spacial score (nSPS) is 27.5. The summed E-state index contributed by atoms with van der Waals surface area (Å²) in [5, 5.41) is 0. The molecule has 0 aromatic rings. The molecule has 0 bridgehead atoms. The highest BCUT2D eigenvalue weighted by molar-refractivity contribution is 4.93. The van der Waals surface area contributed by atoms with Gasteiger partial charge in [0.15, 0.2) is 0 Å². The molecule has 2 aliphatic heterocycles. The maximum absolute atomic E-state index is 6.07. The van der Waals surface area contributed by atoms with E-state index < -0.39 is 0 Å². The topological polar surface area (TPSA) is 38.5 Å². The van der Waals surface area contributed by atoms with Crippen LogP contribution >= 0.6 is 0 Å². The van der Waals surface area contributed by atoms with Gasteiger partial charge in [0.05, 0.1) is 0 Å². The van der Waals surface area contributed by atoms with Crippen molar-refractivity contribution in [3.8, 4) is 0 Å². The molecule has 2 fully saturated rings. The van der Waals surface area contributed by atoms with Gasteiger partial charge in [0.2, 0.25) is 0 Å². The Morgan fingerprint density at radius 3 is 2.22 bits per heavy atom. The van der Waals surface area contributed by atoms with E-state index in [2.05, 4.69) is 18.7 Å². The number of rotatable bonds is 5. The highest BCUT2D eigenvalue weighted by Gasteiger charge is 2.39. The summed E-state index contributed by atoms with van der Waals surface area (Å²) in [7, 11) is 0. The third kappa shape index (κ3) is 2.89. The zero-order valence-electron chi connectivity index (χ0n) is 12.2. The fourth-order valence-electron chi connectivity index (χ4n) is 3.70. The lowest BCUT2D eigenvalue weighted by Crippen LogP contribution is -2.45. The van der Waals surface area contributed by atoms with Crippen LogP contribution < -0.4 is 5.73 Å². The summed E-state index contributed by atoms with van der Waals surface area (Å²) in [6.45, 7) is 11.1. The Morgan fingerprint density at radius 1 is 1.06 bits per heavy atom. The SMILES string of the molecule is CCC1(CC)CCN(CC2(CN)CCOCC2)C1. The molecule has 0 spiro atoms. The molecule has 0 aromatic heterocycles. The Balaban J connectivity index is 1.93. The summed E-state index contributed by atoms with van der Waals surface area (Å²) in [5.74, 6) is 0. The Kier molecular flexibility index (Phi) is 4.68. The first-order valence-electron chi connectivity index (χ1n) is 7.68. The third-order valence-electron chi connectivity index (χ3n) is 5.56. The van der Waals surface area contributed by atoms with Gasteiger partial charge in [0, 0.05) is 26.3 Å². The van der Waals surface area contributed by atoms with Crippen LogP contribution in [0.2, 0.25) is 0 Å². The second-order valence-corrected chi connectivity index (χ2v) is 6.48. The Bertz CT molecular complexity index is 257. The predicted octanol–water partition coefficient (Wildman–Crippen LogP) is 2.25. The predicted molar refractivity (Wildman–Crippen MR) is 75.6 cm³/mol. The zero-order valence-corrected chi connectivity index (χ0v) is 12.2. The highest BCUT2D eigenvalue weighted by atomic mass is 16.5. The third-order valence-corrected chi connectivity index (χ3v) is 5.56. The summed E-state index contributed by atoms with van der Waals surface area (Å²) >= 11 is 0. The summed E-state index contributed by atoms with van der Waals surface area (Å²) in [6.07, 6.45) is 6.30. The van der Waals surface area contributed by atoms with Crippen LogP contribution in [0.3, 0.4) is 0 Å². The van der Waals surface area contributed by atoms with Gasteiger partial charge < -0.3 is 15.4 Å². The molecule has 2 aliphatic rings. The van der Waals surface area contributed by atoms with E-state index in [0.717, 1.165) is 32.6 Å². The van der Waals surface area contributed by atoms with Crippen molar-refractivity contribution in [1.29, 1.82) is 0 Å². The Morgan fingerprint density at radius 2 is 1.72 bits per heavy atom. The molecule has 0 saturated carbocycles. The van der Waals surface area contributed by atoms with E-state index in [1.165, 1.54) is 38.9 Å². The van der Waals surface area contributed by atoms with Crippen molar-refractivity contribution in [3.05, 3.63) is 0 Å². The summed E-state index contributed by atoms with van der Waals surface area (Å²) < 4.78 is 5.50. The van der Waals surface area contributed by atoms with E-state index in [4.69, 9.17) is 10.5 Å². The average molecular weight is 254 g/mol. The lowest BCUT2D eigenvalue weighted by molar-refractivity contribution is 0.00165. The number of nitrogens with two attached hydrogens (primary N) is 1. The van der Waals surface area contributed by atoms with Crippen LogP contribution in [0.25, 0.3) is 0 Å². The standard InChI is InChI=1S/C15H30N2O/c1-3-14(4-2)5-8-17(12-14)13-15(11-16)6-9-18-10-7-15/h3-13,16H2,1-2H3. The van der Waals surface area contributed by atoms with Gasteiger partial charge >= 0.3 is 0 Å².